The van der Waals surface area contributed by atoms with Gasteiger partial charge in [-0.25, -0.2) is 0 Å². The van der Waals surface area contributed by atoms with Crippen LogP contribution in [-0.4, -0.2) is 22.0 Å². The quantitative estimate of drug-likeness (QED) is 0.669. The number of hydrogen-bond acceptors (Lipinski definition) is 3. The number of nitrogens with one attached hydrogen (secondary N) is 1. The Morgan fingerprint density at radius 2 is 2.43 bits per heavy atom. The summed E-state index contributed by atoms with van der Waals surface area (Å²) in [6.07, 6.45) is 7.71. The van der Waals surface area contributed by atoms with Crippen LogP contribution in [-0.2, 0) is 0 Å². The molecule has 0 aliphatic carbocycles. The molecule has 1 heterocycles. The molecule has 2 N–H and O–H groups in total. The van der Waals surface area contributed by atoms with Crippen LogP contribution in [0.5, 0.6) is 5.75 Å². The number of pyridine rings is 1. The van der Waals surface area contributed by atoms with E-state index >= 15 is 0 Å². The molecule has 0 aliphatic rings. The lowest BCUT2D eigenvalue weighted by Crippen LogP contribution is -2.31. The summed E-state index contributed by atoms with van der Waals surface area (Å²) in [6.45, 7) is 1.69. The third-order valence-electron chi connectivity index (χ3n) is 1.58. The molecule has 4 nitrogen and oxygen atoms in total. The van der Waals surface area contributed by atoms with Crippen molar-refractivity contribution in [2.75, 3.05) is 0 Å². The van der Waals surface area contributed by atoms with Gasteiger partial charge >= 0.3 is 0 Å². The van der Waals surface area contributed by atoms with Crippen molar-refractivity contribution < 1.29 is 9.90 Å². The molecule has 1 aromatic rings. The van der Waals surface area contributed by atoms with Crippen molar-refractivity contribution in [3.63, 3.8) is 0 Å². The minimum absolute atomic E-state index is 0.0500. The molecular formula is C10H10N2O2. The van der Waals surface area contributed by atoms with Gasteiger partial charge < -0.3 is 10.4 Å². The van der Waals surface area contributed by atoms with Crippen LogP contribution in [0.4, 0.5) is 0 Å². The SMILES string of the molecule is C#CC(C)NC(=O)c1cncc(O)c1. The number of terminal acetylenes is 1. The van der Waals surface area contributed by atoms with Crippen LogP contribution in [0.1, 0.15) is 17.3 Å². The second-order valence-corrected chi connectivity index (χ2v) is 2.79. The van der Waals surface area contributed by atoms with Gasteiger partial charge in [-0.15, -0.1) is 6.42 Å². The van der Waals surface area contributed by atoms with Crippen molar-refractivity contribution in [1.82, 2.24) is 10.3 Å². The molecule has 4 heteroatoms. The third kappa shape index (κ3) is 2.49. The number of rotatable bonds is 2. The maximum absolute atomic E-state index is 11.4. The van der Waals surface area contributed by atoms with Crippen molar-refractivity contribution in [3.8, 4) is 18.1 Å². The van der Waals surface area contributed by atoms with E-state index in [2.05, 4.69) is 16.2 Å². The third-order valence-corrected chi connectivity index (χ3v) is 1.58. The Kier molecular flexibility index (Phi) is 3.08. The Hall–Kier alpha value is -2.02. The molecular weight excluding hydrogens is 180 g/mol. The molecule has 0 radical (unpaired) electrons. The lowest BCUT2D eigenvalue weighted by Gasteiger charge is -2.06. The predicted molar refractivity (Wildman–Crippen MR) is 51.7 cm³/mol. The molecule has 1 rings (SSSR count). The first-order valence-electron chi connectivity index (χ1n) is 4.04. The lowest BCUT2D eigenvalue weighted by molar-refractivity contribution is 0.0947. The molecule has 1 aromatic heterocycles. The maximum Gasteiger partial charge on any atom is 0.253 e. The molecule has 0 saturated carbocycles. The van der Waals surface area contributed by atoms with Crippen LogP contribution in [0.25, 0.3) is 0 Å². The van der Waals surface area contributed by atoms with Crippen molar-refractivity contribution in [1.29, 1.82) is 0 Å². The summed E-state index contributed by atoms with van der Waals surface area (Å²) in [5.41, 5.74) is 0.284. The molecule has 0 saturated heterocycles. The Morgan fingerprint density at radius 1 is 1.71 bits per heavy atom. The van der Waals surface area contributed by atoms with Crippen molar-refractivity contribution in [2.24, 2.45) is 0 Å². The van der Waals surface area contributed by atoms with E-state index in [4.69, 9.17) is 11.5 Å². The smallest absolute Gasteiger partial charge is 0.253 e. The molecule has 14 heavy (non-hydrogen) atoms. The molecule has 0 aromatic carbocycles. The minimum atomic E-state index is -0.348. The molecule has 0 spiro atoms. The number of nitrogens with zero attached hydrogens (tertiary/aromatic N) is 1. The zero-order chi connectivity index (χ0) is 10.6. The van der Waals surface area contributed by atoms with Crippen LogP contribution < -0.4 is 5.32 Å². The van der Waals surface area contributed by atoms with Gasteiger partial charge in [0, 0.05) is 6.20 Å². The summed E-state index contributed by atoms with van der Waals surface area (Å²) in [5, 5.41) is 11.6. The lowest BCUT2D eigenvalue weighted by atomic mass is 10.2. The highest BCUT2D eigenvalue weighted by molar-refractivity contribution is 5.94. The van der Waals surface area contributed by atoms with Crippen LogP contribution >= 0.6 is 0 Å². The van der Waals surface area contributed by atoms with E-state index in [1.165, 1.54) is 18.5 Å². The number of amides is 1. The fraction of sp³-hybridized carbons (Fsp3) is 0.200. The second kappa shape index (κ2) is 4.28. The zero-order valence-electron chi connectivity index (χ0n) is 7.69. The van der Waals surface area contributed by atoms with Gasteiger partial charge in [-0.1, -0.05) is 5.92 Å². The van der Waals surface area contributed by atoms with E-state index in [-0.39, 0.29) is 23.3 Å². The largest absolute Gasteiger partial charge is 0.506 e. The summed E-state index contributed by atoms with van der Waals surface area (Å²) < 4.78 is 0. The van der Waals surface area contributed by atoms with Crippen molar-refractivity contribution in [2.45, 2.75) is 13.0 Å². The average Bonchev–Trinajstić information content (AvgIpc) is 2.17. The number of hydrogen-bond donors (Lipinski definition) is 2. The zero-order valence-corrected chi connectivity index (χ0v) is 7.69. The van der Waals surface area contributed by atoms with Gasteiger partial charge in [-0.05, 0) is 13.0 Å². The highest BCUT2D eigenvalue weighted by Gasteiger charge is 2.08. The minimum Gasteiger partial charge on any atom is -0.506 e. The number of carbonyl (C=O) groups excluding carboxylic acids is 1. The van der Waals surface area contributed by atoms with E-state index in [9.17, 15) is 4.79 Å². The highest BCUT2D eigenvalue weighted by atomic mass is 16.3. The van der Waals surface area contributed by atoms with Crippen molar-refractivity contribution in [3.05, 3.63) is 24.0 Å². The standard InChI is InChI=1S/C10H10N2O2/c1-3-7(2)12-10(14)8-4-9(13)6-11-5-8/h1,4-7,13H,2H3,(H,12,14). The van der Waals surface area contributed by atoms with Gasteiger partial charge in [0.25, 0.3) is 5.91 Å². The first-order valence-corrected chi connectivity index (χ1v) is 4.04. The molecule has 0 fully saturated rings. The van der Waals surface area contributed by atoms with Gasteiger partial charge in [-0.3, -0.25) is 9.78 Å². The molecule has 1 atom stereocenters. The van der Waals surface area contributed by atoms with E-state index in [0.717, 1.165) is 0 Å². The maximum atomic E-state index is 11.4. The van der Waals surface area contributed by atoms with Crippen molar-refractivity contribution >= 4 is 5.91 Å². The summed E-state index contributed by atoms with van der Waals surface area (Å²) in [6, 6.07) is 0.982. The molecule has 1 amide bonds. The molecule has 0 bridgehead atoms. The Bertz CT molecular complexity index is 382. The summed E-state index contributed by atoms with van der Waals surface area (Å²) in [5.74, 6) is 1.97. The summed E-state index contributed by atoms with van der Waals surface area (Å²) in [4.78, 5) is 15.1. The monoisotopic (exact) mass is 190 g/mol. The Morgan fingerprint density at radius 3 is 3.00 bits per heavy atom. The number of carbonyl (C=O) groups is 1. The molecule has 0 aliphatic heterocycles. The van der Waals surface area contributed by atoms with E-state index in [1.807, 2.05) is 0 Å². The normalized spacial score (nSPS) is 11.4. The van der Waals surface area contributed by atoms with Gasteiger partial charge in [0.2, 0.25) is 0 Å². The fourth-order valence-corrected chi connectivity index (χ4v) is 0.874. The topological polar surface area (TPSA) is 62.2 Å². The second-order valence-electron chi connectivity index (χ2n) is 2.79. The van der Waals surface area contributed by atoms with E-state index < -0.39 is 0 Å². The van der Waals surface area contributed by atoms with Gasteiger partial charge in [0.05, 0.1) is 17.8 Å². The van der Waals surface area contributed by atoms with Gasteiger partial charge in [0.1, 0.15) is 5.75 Å². The van der Waals surface area contributed by atoms with Crippen LogP contribution in [0.3, 0.4) is 0 Å². The Balaban J connectivity index is 2.76. The fourth-order valence-electron chi connectivity index (χ4n) is 0.874. The van der Waals surface area contributed by atoms with Gasteiger partial charge in [0.15, 0.2) is 0 Å². The summed E-state index contributed by atoms with van der Waals surface area (Å²) in [7, 11) is 0. The number of aromatic nitrogens is 1. The molecule has 1 unspecified atom stereocenters. The first kappa shape index (κ1) is 10.1. The van der Waals surface area contributed by atoms with Crippen LogP contribution in [0.15, 0.2) is 18.5 Å². The summed E-state index contributed by atoms with van der Waals surface area (Å²) >= 11 is 0. The van der Waals surface area contributed by atoms with E-state index in [0.29, 0.717) is 0 Å². The Labute approximate surface area is 82.0 Å². The number of aromatic hydroxyl groups is 1. The van der Waals surface area contributed by atoms with Crippen LogP contribution in [0, 0.1) is 12.3 Å². The van der Waals surface area contributed by atoms with Gasteiger partial charge in [-0.2, -0.15) is 0 Å². The predicted octanol–water partition coefficient (Wildman–Crippen LogP) is 0.539. The highest BCUT2D eigenvalue weighted by Crippen LogP contribution is 2.08. The van der Waals surface area contributed by atoms with E-state index in [1.54, 1.807) is 6.92 Å². The first-order chi connectivity index (χ1) is 6.63. The average molecular weight is 190 g/mol. The molecule has 72 valence electrons. The van der Waals surface area contributed by atoms with Crippen LogP contribution in [0.2, 0.25) is 0 Å².